The number of urea groups is 1. The van der Waals surface area contributed by atoms with Gasteiger partial charge in [0.1, 0.15) is 6.61 Å². The van der Waals surface area contributed by atoms with Gasteiger partial charge in [0.25, 0.3) is 0 Å². The molecule has 7 nitrogen and oxygen atoms in total. The summed E-state index contributed by atoms with van der Waals surface area (Å²) in [5.41, 5.74) is 0.606. The summed E-state index contributed by atoms with van der Waals surface area (Å²) in [5.74, 6) is 0.505. The Bertz CT molecular complexity index is 556. The monoisotopic (exact) mass is 350 g/mol. The van der Waals surface area contributed by atoms with Crippen molar-refractivity contribution >= 4 is 11.7 Å². The first-order valence-corrected chi connectivity index (χ1v) is 8.64. The van der Waals surface area contributed by atoms with Crippen LogP contribution >= 0.6 is 0 Å². The highest BCUT2D eigenvalue weighted by molar-refractivity contribution is 5.89. The van der Waals surface area contributed by atoms with Gasteiger partial charge in [-0.25, -0.2) is 9.78 Å². The van der Waals surface area contributed by atoms with E-state index in [1.165, 1.54) is 0 Å². The van der Waals surface area contributed by atoms with Crippen LogP contribution in [-0.4, -0.2) is 48.5 Å². The van der Waals surface area contributed by atoms with Gasteiger partial charge in [0.05, 0.1) is 18.5 Å². The SMILES string of the molecule is COCCOc1ccc(NC(=O)NC2CC(C)(C)NC(C)(C)C2)cn1. The lowest BCUT2D eigenvalue weighted by molar-refractivity contribution is 0.144. The number of piperidine rings is 1. The van der Waals surface area contributed by atoms with Gasteiger partial charge in [-0.1, -0.05) is 0 Å². The molecule has 1 aromatic heterocycles. The second-order valence-electron chi connectivity index (χ2n) is 7.82. The number of nitrogens with one attached hydrogen (secondary N) is 3. The van der Waals surface area contributed by atoms with Gasteiger partial charge < -0.3 is 25.4 Å². The highest BCUT2D eigenvalue weighted by Gasteiger charge is 2.38. The molecule has 1 aliphatic rings. The topological polar surface area (TPSA) is 84.5 Å². The van der Waals surface area contributed by atoms with E-state index in [0.717, 1.165) is 12.8 Å². The van der Waals surface area contributed by atoms with Gasteiger partial charge in [-0.2, -0.15) is 0 Å². The number of hydrogen-bond donors (Lipinski definition) is 3. The predicted molar refractivity (Wildman–Crippen MR) is 98.1 cm³/mol. The van der Waals surface area contributed by atoms with E-state index in [9.17, 15) is 4.79 Å². The van der Waals surface area contributed by atoms with Crippen molar-refractivity contribution in [3.8, 4) is 5.88 Å². The number of ether oxygens (including phenoxy) is 2. The summed E-state index contributed by atoms with van der Waals surface area (Å²) in [6.07, 6.45) is 3.35. The van der Waals surface area contributed by atoms with Gasteiger partial charge in [-0.05, 0) is 46.6 Å². The molecule has 0 atom stereocenters. The zero-order valence-electron chi connectivity index (χ0n) is 15.8. The van der Waals surface area contributed by atoms with Gasteiger partial charge in [-0.15, -0.1) is 0 Å². The maximum atomic E-state index is 12.3. The normalized spacial score (nSPS) is 19.2. The van der Waals surface area contributed by atoms with Crippen LogP contribution in [0.4, 0.5) is 10.5 Å². The average Bonchev–Trinajstić information content (AvgIpc) is 2.45. The molecule has 0 radical (unpaired) electrons. The van der Waals surface area contributed by atoms with E-state index >= 15 is 0 Å². The molecular formula is C18H30N4O3. The van der Waals surface area contributed by atoms with Crippen molar-refractivity contribution in [2.75, 3.05) is 25.6 Å². The fraction of sp³-hybridized carbons (Fsp3) is 0.667. The Kier molecular flexibility index (Phi) is 6.24. The number of hydrogen-bond acceptors (Lipinski definition) is 5. The number of nitrogens with zero attached hydrogens (tertiary/aromatic N) is 1. The molecule has 2 amide bonds. The van der Waals surface area contributed by atoms with Crippen LogP contribution in [0.1, 0.15) is 40.5 Å². The number of carbonyl (C=O) groups is 1. The molecule has 1 aliphatic heterocycles. The first kappa shape index (κ1) is 19.5. The minimum Gasteiger partial charge on any atom is -0.475 e. The molecule has 0 bridgehead atoms. The number of amides is 2. The Hall–Kier alpha value is -1.86. The van der Waals surface area contributed by atoms with Crippen LogP contribution in [0.2, 0.25) is 0 Å². The summed E-state index contributed by atoms with van der Waals surface area (Å²) in [6.45, 7) is 9.59. The molecule has 140 valence electrons. The van der Waals surface area contributed by atoms with E-state index in [4.69, 9.17) is 9.47 Å². The lowest BCUT2D eigenvalue weighted by Gasteiger charge is -2.46. The molecule has 7 heteroatoms. The van der Waals surface area contributed by atoms with Gasteiger partial charge in [-0.3, -0.25) is 0 Å². The zero-order valence-corrected chi connectivity index (χ0v) is 15.8. The largest absolute Gasteiger partial charge is 0.475 e. The highest BCUT2D eigenvalue weighted by Crippen LogP contribution is 2.28. The molecule has 2 heterocycles. The number of methoxy groups -OCH3 is 1. The summed E-state index contributed by atoms with van der Waals surface area (Å²) in [4.78, 5) is 16.4. The maximum absolute atomic E-state index is 12.3. The van der Waals surface area contributed by atoms with Gasteiger partial charge >= 0.3 is 6.03 Å². The molecular weight excluding hydrogens is 320 g/mol. The van der Waals surface area contributed by atoms with Crippen LogP contribution in [0.3, 0.4) is 0 Å². The van der Waals surface area contributed by atoms with Crippen LogP contribution in [-0.2, 0) is 4.74 Å². The highest BCUT2D eigenvalue weighted by atomic mass is 16.5. The summed E-state index contributed by atoms with van der Waals surface area (Å²) >= 11 is 0. The summed E-state index contributed by atoms with van der Waals surface area (Å²) in [7, 11) is 1.62. The Morgan fingerprint density at radius 1 is 1.24 bits per heavy atom. The summed E-state index contributed by atoms with van der Waals surface area (Å²) < 4.78 is 10.3. The van der Waals surface area contributed by atoms with Crippen LogP contribution in [0, 0.1) is 0 Å². The van der Waals surface area contributed by atoms with E-state index in [1.807, 2.05) is 0 Å². The predicted octanol–water partition coefficient (Wildman–Crippen LogP) is 2.54. The van der Waals surface area contributed by atoms with E-state index in [-0.39, 0.29) is 23.2 Å². The first-order valence-electron chi connectivity index (χ1n) is 8.64. The summed E-state index contributed by atoms with van der Waals surface area (Å²) in [6, 6.07) is 3.40. The lowest BCUT2D eigenvalue weighted by Crippen LogP contribution is -2.62. The molecule has 0 saturated carbocycles. The van der Waals surface area contributed by atoms with Crippen LogP contribution in [0.25, 0.3) is 0 Å². The maximum Gasteiger partial charge on any atom is 0.319 e. The fourth-order valence-corrected chi connectivity index (χ4v) is 3.55. The van der Waals surface area contributed by atoms with Crippen molar-refractivity contribution in [3.63, 3.8) is 0 Å². The Balaban J connectivity index is 1.85. The number of aromatic nitrogens is 1. The van der Waals surface area contributed by atoms with Crippen molar-refractivity contribution < 1.29 is 14.3 Å². The Morgan fingerprint density at radius 3 is 2.48 bits per heavy atom. The van der Waals surface area contributed by atoms with Crippen LogP contribution in [0.5, 0.6) is 5.88 Å². The van der Waals surface area contributed by atoms with E-state index in [2.05, 4.69) is 48.6 Å². The number of carbonyl (C=O) groups excluding carboxylic acids is 1. The average molecular weight is 350 g/mol. The molecule has 0 spiro atoms. The van der Waals surface area contributed by atoms with E-state index < -0.39 is 0 Å². The minimum atomic E-state index is -0.214. The Labute approximate surface area is 149 Å². The van der Waals surface area contributed by atoms with Gasteiger partial charge in [0.15, 0.2) is 0 Å². The van der Waals surface area contributed by atoms with Crippen molar-refractivity contribution in [1.82, 2.24) is 15.6 Å². The quantitative estimate of drug-likeness (QED) is 0.687. The van der Waals surface area contributed by atoms with Crippen molar-refractivity contribution in [2.24, 2.45) is 0 Å². The van der Waals surface area contributed by atoms with Gasteiger partial charge in [0.2, 0.25) is 5.88 Å². The van der Waals surface area contributed by atoms with Crippen LogP contribution in [0.15, 0.2) is 18.3 Å². The number of rotatable bonds is 6. The molecule has 1 fully saturated rings. The van der Waals surface area contributed by atoms with Crippen LogP contribution < -0.4 is 20.7 Å². The second-order valence-corrected chi connectivity index (χ2v) is 7.82. The Morgan fingerprint density at radius 2 is 1.92 bits per heavy atom. The molecule has 0 aliphatic carbocycles. The van der Waals surface area contributed by atoms with E-state index in [0.29, 0.717) is 24.8 Å². The third kappa shape index (κ3) is 6.51. The summed E-state index contributed by atoms with van der Waals surface area (Å²) in [5, 5.41) is 9.50. The second kappa shape index (κ2) is 8.01. The van der Waals surface area contributed by atoms with Crippen molar-refractivity contribution in [1.29, 1.82) is 0 Å². The molecule has 3 N–H and O–H groups in total. The smallest absolute Gasteiger partial charge is 0.319 e. The number of pyridine rings is 1. The third-order valence-corrected chi connectivity index (χ3v) is 4.06. The minimum absolute atomic E-state index is 0.0115. The molecule has 1 aromatic rings. The molecule has 0 aromatic carbocycles. The first-order chi connectivity index (χ1) is 11.7. The standard InChI is InChI=1S/C18H30N4O3/c1-17(2)10-14(11-18(3,4)22-17)21-16(23)20-13-6-7-15(19-12-13)25-9-8-24-5/h6-7,12,14,22H,8-11H2,1-5H3,(H2,20,21,23). The zero-order chi connectivity index (χ0) is 18.5. The molecule has 0 unspecified atom stereocenters. The lowest BCUT2D eigenvalue weighted by atomic mass is 9.80. The molecule has 25 heavy (non-hydrogen) atoms. The van der Waals surface area contributed by atoms with Gasteiger partial charge in [0, 0.05) is 30.3 Å². The fourth-order valence-electron chi connectivity index (χ4n) is 3.55. The van der Waals surface area contributed by atoms with E-state index in [1.54, 1.807) is 25.4 Å². The number of anilines is 1. The molecule has 1 saturated heterocycles. The van der Waals surface area contributed by atoms with Crippen molar-refractivity contribution in [3.05, 3.63) is 18.3 Å². The van der Waals surface area contributed by atoms with Crippen molar-refractivity contribution in [2.45, 2.75) is 57.7 Å². The third-order valence-electron chi connectivity index (χ3n) is 4.06. The molecule has 2 rings (SSSR count).